The van der Waals surface area contributed by atoms with Crippen molar-refractivity contribution in [3.63, 3.8) is 0 Å². The lowest BCUT2D eigenvalue weighted by molar-refractivity contribution is -0.141. The summed E-state index contributed by atoms with van der Waals surface area (Å²) < 4.78 is 0. The van der Waals surface area contributed by atoms with E-state index in [0.717, 1.165) is 6.42 Å². The lowest BCUT2D eigenvalue weighted by atomic mass is 9.82. The first kappa shape index (κ1) is 18.7. The Morgan fingerprint density at radius 1 is 1.00 bits per heavy atom. The summed E-state index contributed by atoms with van der Waals surface area (Å²) in [6.45, 7) is 15.5. The van der Waals surface area contributed by atoms with Crippen molar-refractivity contribution in [3.8, 4) is 0 Å². The van der Waals surface area contributed by atoms with Crippen LogP contribution in [0.2, 0.25) is 0 Å². The van der Waals surface area contributed by atoms with E-state index in [4.69, 9.17) is 0 Å². The van der Waals surface area contributed by atoms with Crippen molar-refractivity contribution in [2.75, 3.05) is 0 Å². The largest absolute Gasteiger partial charge is 0.480 e. The molecule has 0 aliphatic heterocycles. The van der Waals surface area contributed by atoms with Crippen molar-refractivity contribution in [2.24, 2.45) is 10.8 Å². The second kappa shape index (κ2) is 6.02. The van der Waals surface area contributed by atoms with E-state index in [1.54, 1.807) is 20.8 Å². The number of aliphatic carboxylic acids is 1. The van der Waals surface area contributed by atoms with Crippen molar-refractivity contribution >= 4 is 12.0 Å². The Morgan fingerprint density at radius 2 is 1.45 bits per heavy atom. The third-order valence-electron chi connectivity index (χ3n) is 2.81. The standard InChI is InChI=1S/C15H30N2O3/c1-13(2,3)9-15(7,8)17-12(20)16-10(11(18)19)14(4,5)6/h10H,9H2,1-8H3,(H,18,19)(H2,16,17,20)/t10-/m0/s1. The number of carboxylic acid groups (broad SMARTS) is 1. The van der Waals surface area contributed by atoms with Crippen LogP contribution in [-0.2, 0) is 4.79 Å². The first-order valence-electron chi connectivity index (χ1n) is 6.95. The maximum absolute atomic E-state index is 12.0. The molecule has 0 aromatic rings. The molecule has 20 heavy (non-hydrogen) atoms. The predicted octanol–water partition coefficient (Wildman–Crippen LogP) is 3.00. The summed E-state index contributed by atoms with van der Waals surface area (Å²) in [7, 11) is 0. The molecule has 0 saturated heterocycles. The molecule has 0 saturated carbocycles. The molecule has 0 spiro atoms. The molecule has 0 fully saturated rings. The number of amides is 2. The second-order valence-corrected chi connectivity index (χ2v) is 8.36. The number of hydrogen-bond acceptors (Lipinski definition) is 2. The highest BCUT2D eigenvalue weighted by Gasteiger charge is 2.34. The first-order valence-corrected chi connectivity index (χ1v) is 6.95. The van der Waals surface area contributed by atoms with Crippen LogP contribution in [0.5, 0.6) is 0 Å². The number of carboxylic acids is 1. The Kier molecular flexibility index (Phi) is 5.64. The molecular formula is C15H30N2O3. The number of nitrogens with one attached hydrogen (secondary N) is 2. The van der Waals surface area contributed by atoms with Crippen molar-refractivity contribution in [3.05, 3.63) is 0 Å². The Hall–Kier alpha value is -1.26. The highest BCUT2D eigenvalue weighted by Crippen LogP contribution is 2.27. The van der Waals surface area contributed by atoms with Crippen molar-refractivity contribution in [1.29, 1.82) is 0 Å². The van der Waals surface area contributed by atoms with Gasteiger partial charge in [0.25, 0.3) is 0 Å². The van der Waals surface area contributed by atoms with Crippen LogP contribution < -0.4 is 10.6 Å². The average molecular weight is 286 g/mol. The smallest absolute Gasteiger partial charge is 0.326 e. The molecule has 3 N–H and O–H groups in total. The molecule has 5 heteroatoms. The molecule has 0 rings (SSSR count). The van der Waals surface area contributed by atoms with Gasteiger partial charge in [-0.15, -0.1) is 0 Å². The van der Waals surface area contributed by atoms with Gasteiger partial charge in [0.05, 0.1) is 0 Å². The molecule has 0 aliphatic carbocycles. The van der Waals surface area contributed by atoms with E-state index in [2.05, 4.69) is 31.4 Å². The van der Waals surface area contributed by atoms with Crippen LogP contribution in [0.15, 0.2) is 0 Å². The number of hydrogen-bond donors (Lipinski definition) is 3. The summed E-state index contributed by atoms with van der Waals surface area (Å²) in [6, 6.07) is -1.37. The summed E-state index contributed by atoms with van der Waals surface area (Å²) in [6.07, 6.45) is 0.792. The quantitative estimate of drug-likeness (QED) is 0.743. The maximum atomic E-state index is 12.0. The van der Waals surface area contributed by atoms with Crippen LogP contribution in [0.25, 0.3) is 0 Å². The van der Waals surface area contributed by atoms with E-state index in [1.807, 2.05) is 13.8 Å². The van der Waals surface area contributed by atoms with E-state index in [-0.39, 0.29) is 5.41 Å². The molecule has 0 bridgehead atoms. The molecule has 0 unspecified atom stereocenters. The topological polar surface area (TPSA) is 78.4 Å². The molecule has 1 atom stereocenters. The third-order valence-corrected chi connectivity index (χ3v) is 2.81. The Labute approximate surface area is 122 Å². The minimum atomic E-state index is -1.03. The monoisotopic (exact) mass is 286 g/mol. The number of carbonyl (C=O) groups excluding carboxylic acids is 1. The molecule has 0 aromatic heterocycles. The van der Waals surface area contributed by atoms with Crippen molar-refractivity contribution < 1.29 is 14.7 Å². The minimum absolute atomic E-state index is 0.0764. The number of rotatable bonds is 4. The maximum Gasteiger partial charge on any atom is 0.326 e. The molecule has 0 heterocycles. The zero-order chi connectivity index (χ0) is 16.4. The van der Waals surface area contributed by atoms with E-state index in [9.17, 15) is 14.7 Å². The van der Waals surface area contributed by atoms with Gasteiger partial charge in [-0.3, -0.25) is 0 Å². The van der Waals surface area contributed by atoms with Crippen LogP contribution in [0.3, 0.4) is 0 Å². The zero-order valence-corrected chi connectivity index (χ0v) is 14.0. The van der Waals surface area contributed by atoms with Gasteiger partial charge in [0, 0.05) is 5.54 Å². The van der Waals surface area contributed by atoms with Gasteiger partial charge in [-0.25, -0.2) is 9.59 Å². The van der Waals surface area contributed by atoms with Gasteiger partial charge in [-0.2, -0.15) is 0 Å². The van der Waals surface area contributed by atoms with Gasteiger partial charge in [-0.05, 0) is 31.1 Å². The minimum Gasteiger partial charge on any atom is -0.480 e. The van der Waals surface area contributed by atoms with Crippen LogP contribution in [0, 0.1) is 10.8 Å². The lowest BCUT2D eigenvalue weighted by Crippen LogP contribution is -2.56. The van der Waals surface area contributed by atoms with Gasteiger partial charge < -0.3 is 15.7 Å². The van der Waals surface area contributed by atoms with E-state index in [1.165, 1.54) is 0 Å². The van der Waals surface area contributed by atoms with Crippen molar-refractivity contribution in [2.45, 2.75) is 73.4 Å². The third kappa shape index (κ3) is 7.36. The first-order chi connectivity index (χ1) is 8.64. The summed E-state index contributed by atoms with van der Waals surface area (Å²) in [5.41, 5.74) is -0.867. The van der Waals surface area contributed by atoms with Crippen LogP contribution in [0.4, 0.5) is 4.79 Å². The molecule has 0 radical (unpaired) electrons. The number of carbonyl (C=O) groups is 2. The average Bonchev–Trinajstić information content (AvgIpc) is 2.06. The van der Waals surface area contributed by atoms with Gasteiger partial charge in [0.15, 0.2) is 0 Å². The Bertz CT molecular complexity index is 362. The van der Waals surface area contributed by atoms with E-state index in [0.29, 0.717) is 0 Å². The normalized spacial score (nSPS) is 14.6. The molecule has 0 aromatic carbocycles. The van der Waals surface area contributed by atoms with Crippen LogP contribution in [0.1, 0.15) is 61.8 Å². The highest BCUT2D eigenvalue weighted by molar-refractivity contribution is 5.83. The van der Waals surface area contributed by atoms with Gasteiger partial charge in [0.1, 0.15) is 6.04 Å². The lowest BCUT2D eigenvalue weighted by Gasteiger charge is -2.35. The fourth-order valence-corrected chi connectivity index (χ4v) is 2.49. The zero-order valence-electron chi connectivity index (χ0n) is 14.0. The molecule has 5 nitrogen and oxygen atoms in total. The summed E-state index contributed by atoms with van der Waals surface area (Å²) >= 11 is 0. The van der Waals surface area contributed by atoms with Gasteiger partial charge in [-0.1, -0.05) is 41.5 Å². The van der Waals surface area contributed by atoms with Gasteiger partial charge in [0.2, 0.25) is 0 Å². The van der Waals surface area contributed by atoms with Gasteiger partial charge >= 0.3 is 12.0 Å². The Balaban J connectivity index is 4.74. The van der Waals surface area contributed by atoms with Crippen LogP contribution in [-0.4, -0.2) is 28.7 Å². The van der Waals surface area contributed by atoms with Crippen molar-refractivity contribution in [1.82, 2.24) is 10.6 Å². The summed E-state index contributed by atoms with van der Waals surface area (Å²) in [5.74, 6) is -1.03. The molecular weight excluding hydrogens is 256 g/mol. The van der Waals surface area contributed by atoms with E-state index >= 15 is 0 Å². The highest BCUT2D eigenvalue weighted by atomic mass is 16.4. The van der Waals surface area contributed by atoms with E-state index < -0.39 is 29.0 Å². The molecule has 118 valence electrons. The summed E-state index contributed by atoms with van der Waals surface area (Å²) in [4.78, 5) is 23.3. The fourth-order valence-electron chi connectivity index (χ4n) is 2.49. The fraction of sp³-hybridized carbons (Fsp3) is 0.867. The van der Waals surface area contributed by atoms with Crippen LogP contribution >= 0.6 is 0 Å². The number of urea groups is 1. The summed E-state index contributed by atoms with van der Waals surface area (Å²) in [5, 5.41) is 14.6. The SMILES string of the molecule is CC(C)(C)CC(C)(C)NC(=O)N[C@@H](C(=O)O)C(C)(C)C. The molecule has 0 aliphatic rings. The second-order valence-electron chi connectivity index (χ2n) is 8.36. The predicted molar refractivity (Wildman–Crippen MR) is 80.7 cm³/mol. The molecule has 2 amide bonds. The Morgan fingerprint density at radius 3 is 1.75 bits per heavy atom.